The van der Waals surface area contributed by atoms with E-state index in [0.29, 0.717) is 6.54 Å². The van der Waals surface area contributed by atoms with Crippen molar-refractivity contribution in [2.24, 2.45) is 5.73 Å². The molecular formula is C14H18N2. The summed E-state index contributed by atoms with van der Waals surface area (Å²) < 4.78 is 2.21. The molecule has 0 aliphatic carbocycles. The number of benzene rings is 1. The third-order valence-corrected chi connectivity index (χ3v) is 2.69. The van der Waals surface area contributed by atoms with Crippen LogP contribution < -0.4 is 5.73 Å². The minimum Gasteiger partial charge on any atom is -0.350 e. The summed E-state index contributed by atoms with van der Waals surface area (Å²) in [6.45, 7) is 3.78. The first-order chi connectivity index (χ1) is 7.78. The van der Waals surface area contributed by atoms with E-state index in [1.54, 1.807) is 0 Å². The Balaban J connectivity index is 2.08. The van der Waals surface area contributed by atoms with Crippen LogP contribution in [0.5, 0.6) is 0 Å². The van der Waals surface area contributed by atoms with Gasteiger partial charge in [0.2, 0.25) is 0 Å². The summed E-state index contributed by atoms with van der Waals surface area (Å²) in [5.74, 6) is 0. The van der Waals surface area contributed by atoms with Crippen LogP contribution in [0.3, 0.4) is 0 Å². The van der Waals surface area contributed by atoms with Crippen LogP contribution in [0.4, 0.5) is 0 Å². The standard InChI is InChI=1S/C14H18N2/c1-12-3-2-4-14(9-12)11-16-8-6-13(10-16)5-7-15/h2-4,6,8-10H,5,7,11,15H2,1H3. The third-order valence-electron chi connectivity index (χ3n) is 2.69. The molecule has 0 amide bonds. The Hall–Kier alpha value is -1.54. The van der Waals surface area contributed by atoms with Gasteiger partial charge in [-0.1, -0.05) is 29.8 Å². The molecule has 1 aromatic carbocycles. The van der Waals surface area contributed by atoms with Gasteiger partial charge in [0.15, 0.2) is 0 Å². The Morgan fingerprint density at radius 3 is 2.81 bits per heavy atom. The van der Waals surface area contributed by atoms with Crippen molar-refractivity contribution in [3.05, 3.63) is 59.4 Å². The number of nitrogens with two attached hydrogens (primary N) is 1. The van der Waals surface area contributed by atoms with Gasteiger partial charge >= 0.3 is 0 Å². The highest BCUT2D eigenvalue weighted by Crippen LogP contribution is 2.08. The van der Waals surface area contributed by atoms with E-state index in [1.165, 1.54) is 16.7 Å². The van der Waals surface area contributed by atoms with Crippen LogP contribution in [0.1, 0.15) is 16.7 Å². The average Bonchev–Trinajstić information content (AvgIpc) is 2.66. The van der Waals surface area contributed by atoms with Crippen LogP contribution in [0, 0.1) is 6.92 Å². The first-order valence-electron chi connectivity index (χ1n) is 5.68. The zero-order valence-corrected chi connectivity index (χ0v) is 9.69. The molecule has 1 heterocycles. The number of nitrogens with zero attached hydrogens (tertiary/aromatic N) is 1. The average molecular weight is 214 g/mol. The van der Waals surface area contributed by atoms with E-state index in [2.05, 4.69) is 54.2 Å². The monoisotopic (exact) mass is 214 g/mol. The van der Waals surface area contributed by atoms with E-state index in [9.17, 15) is 0 Å². The van der Waals surface area contributed by atoms with Crippen LogP contribution in [-0.2, 0) is 13.0 Å². The van der Waals surface area contributed by atoms with Gasteiger partial charge in [-0.3, -0.25) is 0 Å². The van der Waals surface area contributed by atoms with E-state index in [-0.39, 0.29) is 0 Å². The second-order valence-electron chi connectivity index (χ2n) is 4.22. The Bertz CT molecular complexity index is 457. The van der Waals surface area contributed by atoms with E-state index >= 15 is 0 Å². The lowest BCUT2D eigenvalue weighted by Gasteiger charge is -2.04. The van der Waals surface area contributed by atoms with Gasteiger partial charge < -0.3 is 10.3 Å². The van der Waals surface area contributed by atoms with Crippen molar-refractivity contribution in [3.8, 4) is 0 Å². The number of aromatic nitrogens is 1. The molecule has 2 heteroatoms. The summed E-state index contributed by atoms with van der Waals surface area (Å²) in [4.78, 5) is 0. The Morgan fingerprint density at radius 2 is 2.06 bits per heavy atom. The van der Waals surface area contributed by atoms with Crippen LogP contribution in [-0.4, -0.2) is 11.1 Å². The number of hydrogen-bond acceptors (Lipinski definition) is 1. The van der Waals surface area contributed by atoms with Crippen LogP contribution in [0.25, 0.3) is 0 Å². The fourth-order valence-electron chi connectivity index (χ4n) is 1.92. The molecule has 16 heavy (non-hydrogen) atoms. The van der Waals surface area contributed by atoms with Crippen molar-refractivity contribution in [1.29, 1.82) is 0 Å². The molecule has 0 unspecified atom stereocenters. The Morgan fingerprint density at radius 1 is 1.19 bits per heavy atom. The molecule has 84 valence electrons. The highest BCUT2D eigenvalue weighted by Gasteiger charge is 1.98. The van der Waals surface area contributed by atoms with Gasteiger partial charge in [0.1, 0.15) is 0 Å². The lowest BCUT2D eigenvalue weighted by Crippen LogP contribution is -2.02. The van der Waals surface area contributed by atoms with E-state index in [1.807, 2.05) is 0 Å². The largest absolute Gasteiger partial charge is 0.350 e. The smallest absolute Gasteiger partial charge is 0.0470 e. The Kier molecular flexibility index (Phi) is 3.42. The van der Waals surface area contributed by atoms with E-state index < -0.39 is 0 Å². The molecule has 0 aliphatic heterocycles. The molecule has 1 aromatic heterocycles. The van der Waals surface area contributed by atoms with Gasteiger partial charge in [0, 0.05) is 18.9 Å². The lowest BCUT2D eigenvalue weighted by molar-refractivity contribution is 0.799. The molecule has 2 aromatic rings. The molecule has 0 atom stereocenters. The van der Waals surface area contributed by atoms with Gasteiger partial charge in [-0.25, -0.2) is 0 Å². The van der Waals surface area contributed by atoms with Gasteiger partial charge in [-0.2, -0.15) is 0 Å². The summed E-state index contributed by atoms with van der Waals surface area (Å²) in [7, 11) is 0. The van der Waals surface area contributed by atoms with Crippen molar-refractivity contribution >= 4 is 0 Å². The second-order valence-corrected chi connectivity index (χ2v) is 4.22. The quantitative estimate of drug-likeness (QED) is 0.832. The van der Waals surface area contributed by atoms with E-state index in [0.717, 1.165) is 13.0 Å². The molecule has 2 nitrogen and oxygen atoms in total. The molecular weight excluding hydrogens is 196 g/mol. The minimum atomic E-state index is 0.717. The van der Waals surface area contributed by atoms with Crippen molar-refractivity contribution in [2.45, 2.75) is 19.9 Å². The summed E-state index contributed by atoms with van der Waals surface area (Å²) in [5, 5.41) is 0. The molecule has 0 fully saturated rings. The highest BCUT2D eigenvalue weighted by atomic mass is 14.9. The predicted octanol–water partition coefficient (Wildman–Crippen LogP) is 2.35. The molecule has 0 spiro atoms. The van der Waals surface area contributed by atoms with Gasteiger partial charge in [-0.05, 0) is 37.1 Å². The third kappa shape index (κ3) is 2.74. The summed E-state index contributed by atoms with van der Waals surface area (Å²) >= 11 is 0. The molecule has 0 radical (unpaired) electrons. The van der Waals surface area contributed by atoms with Crippen molar-refractivity contribution in [1.82, 2.24) is 4.57 Å². The summed E-state index contributed by atoms with van der Waals surface area (Å²) in [6, 6.07) is 10.8. The topological polar surface area (TPSA) is 30.9 Å². The maximum absolute atomic E-state index is 5.53. The number of aryl methyl sites for hydroxylation is 1. The molecule has 2 rings (SSSR count). The fourth-order valence-corrected chi connectivity index (χ4v) is 1.92. The summed E-state index contributed by atoms with van der Waals surface area (Å²) in [6.07, 6.45) is 5.25. The lowest BCUT2D eigenvalue weighted by atomic mass is 10.1. The zero-order valence-electron chi connectivity index (χ0n) is 9.69. The van der Waals surface area contributed by atoms with Gasteiger partial charge in [-0.15, -0.1) is 0 Å². The second kappa shape index (κ2) is 4.99. The zero-order chi connectivity index (χ0) is 11.4. The SMILES string of the molecule is Cc1cccc(Cn2ccc(CCN)c2)c1. The van der Waals surface area contributed by atoms with Crippen LogP contribution in [0.2, 0.25) is 0 Å². The molecule has 0 saturated heterocycles. The molecule has 0 bridgehead atoms. The first-order valence-corrected chi connectivity index (χ1v) is 5.68. The van der Waals surface area contributed by atoms with Crippen molar-refractivity contribution < 1.29 is 0 Å². The summed E-state index contributed by atoms with van der Waals surface area (Å²) in [5.41, 5.74) is 9.50. The highest BCUT2D eigenvalue weighted by molar-refractivity contribution is 5.23. The van der Waals surface area contributed by atoms with Crippen molar-refractivity contribution in [3.63, 3.8) is 0 Å². The molecule has 0 aliphatic rings. The fraction of sp³-hybridized carbons (Fsp3) is 0.286. The van der Waals surface area contributed by atoms with Gasteiger partial charge in [0.05, 0.1) is 0 Å². The predicted molar refractivity (Wildman–Crippen MR) is 67.5 cm³/mol. The normalized spacial score (nSPS) is 10.6. The molecule has 2 N–H and O–H groups in total. The maximum atomic E-state index is 5.53. The first kappa shape index (κ1) is 11.0. The van der Waals surface area contributed by atoms with E-state index in [4.69, 9.17) is 5.73 Å². The molecule has 0 saturated carbocycles. The number of rotatable bonds is 4. The number of hydrogen-bond donors (Lipinski definition) is 1. The van der Waals surface area contributed by atoms with Crippen LogP contribution >= 0.6 is 0 Å². The minimum absolute atomic E-state index is 0.717. The van der Waals surface area contributed by atoms with Crippen molar-refractivity contribution in [2.75, 3.05) is 6.54 Å². The maximum Gasteiger partial charge on any atom is 0.0470 e. The van der Waals surface area contributed by atoms with Crippen LogP contribution in [0.15, 0.2) is 42.7 Å². The van der Waals surface area contributed by atoms with Gasteiger partial charge in [0.25, 0.3) is 0 Å². The Labute approximate surface area is 96.7 Å².